The van der Waals surface area contributed by atoms with E-state index in [2.05, 4.69) is 0 Å². The molecule has 0 spiro atoms. The Balaban J connectivity index is 2.61. The molecule has 0 saturated carbocycles. The molecule has 0 aliphatic carbocycles. The molecular formula is C12H14OS2. The Bertz CT molecular complexity index is 338. The van der Waals surface area contributed by atoms with E-state index in [1.807, 2.05) is 48.9 Å². The third-order valence-corrected chi connectivity index (χ3v) is 4.09. The molecule has 15 heavy (non-hydrogen) atoms. The van der Waals surface area contributed by atoms with E-state index in [0.717, 1.165) is 5.56 Å². The van der Waals surface area contributed by atoms with E-state index in [9.17, 15) is 4.79 Å². The zero-order valence-corrected chi connectivity index (χ0v) is 10.5. The maximum Gasteiger partial charge on any atom is 0.166 e. The Hall–Kier alpha value is -0.670. The van der Waals surface area contributed by atoms with Crippen molar-refractivity contribution in [1.29, 1.82) is 0 Å². The van der Waals surface area contributed by atoms with Crippen molar-refractivity contribution in [3.05, 3.63) is 46.2 Å². The van der Waals surface area contributed by atoms with E-state index in [0.29, 0.717) is 6.42 Å². The molecule has 0 N–H and O–H groups in total. The lowest BCUT2D eigenvalue weighted by Crippen LogP contribution is -1.96. The lowest BCUT2D eigenvalue weighted by atomic mass is 10.1. The van der Waals surface area contributed by atoms with E-state index >= 15 is 0 Å². The van der Waals surface area contributed by atoms with Gasteiger partial charge in [-0.2, -0.15) is 0 Å². The van der Waals surface area contributed by atoms with Gasteiger partial charge in [0, 0.05) is 16.2 Å². The quantitative estimate of drug-likeness (QED) is 0.726. The molecule has 1 aromatic carbocycles. The van der Waals surface area contributed by atoms with Crippen LogP contribution in [0.1, 0.15) is 16.8 Å². The lowest BCUT2D eigenvalue weighted by Gasteiger charge is -1.99. The first kappa shape index (κ1) is 12.4. The second-order valence-electron chi connectivity index (χ2n) is 2.92. The first-order valence-electron chi connectivity index (χ1n) is 4.64. The van der Waals surface area contributed by atoms with Crippen molar-refractivity contribution in [1.82, 2.24) is 0 Å². The van der Waals surface area contributed by atoms with Crippen LogP contribution in [-0.4, -0.2) is 18.3 Å². The monoisotopic (exact) mass is 238 g/mol. The molecule has 0 aliphatic rings. The molecule has 0 unspecified atom stereocenters. The third-order valence-electron chi connectivity index (χ3n) is 1.95. The second-order valence-corrected chi connectivity index (χ2v) is 4.88. The molecule has 0 aromatic heterocycles. The van der Waals surface area contributed by atoms with Crippen molar-refractivity contribution < 1.29 is 4.79 Å². The summed E-state index contributed by atoms with van der Waals surface area (Å²) in [6.45, 7) is 0. The van der Waals surface area contributed by atoms with Crippen LogP contribution in [0.25, 0.3) is 0 Å². The van der Waals surface area contributed by atoms with Gasteiger partial charge in [-0.05, 0) is 12.5 Å². The molecule has 0 heterocycles. The Morgan fingerprint density at radius 2 is 1.80 bits per heavy atom. The van der Waals surface area contributed by atoms with E-state index in [1.165, 1.54) is 4.24 Å². The highest BCUT2D eigenvalue weighted by molar-refractivity contribution is 8.21. The van der Waals surface area contributed by atoms with Gasteiger partial charge < -0.3 is 0 Å². The first-order valence-corrected chi connectivity index (χ1v) is 7.09. The predicted octanol–water partition coefficient (Wildman–Crippen LogP) is 3.83. The number of Topliss-reactive ketones (excluding diaryl/α,β-unsaturated/α-hetero) is 1. The molecule has 0 bridgehead atoms. The maximum absolute atomic E-state index is 11.7. The molecule has 0 saturated heterocycles. The number of hydrogen-bond donors (Lipinski definition) is 0. The first-order chi connectivity index (χ1) is 7.27. The van der Waals surface area contributed by atoms with Crippen molar-refractivity contribution in [2.45, 2.75) is 6.42 Å². The van der Waals surface area contributed by atoms with Crippen LogP contribution >= 0.6 is 23.5 Å². The van der Waals surface area contributed by atoms with E-state index in [-0.39, 0.29) is 5.78 Å². The van der Waals surface area contributed by atoms with Crippen molar-refractivity contribution in [3.63, 3.8) is 0 Å². The average Bonchev–Trinajstić information content (AvgIpc) is 2.31. The topological polar surface area (TPSA) is 17.1 Å². The third kappa shape index (κ3) is 4.14. The molecule has 0 radical (unpaired) electrons. The highest BCUT2D eigenvalue weighted by Gasteiger charge is 2.03. The van der Waals surface area contributed by atoms with Gasteiger partial charge in [0.1, 0.15) is 0 Å². The van der Waals surface area contributed by atoms with E-state index < -0.39 is 0 Å². The summed E-state index contributed by atoms with van der Waals surface area (Å²) in [6.07, 6.45) is 6.52. The molecule has 1 nitrogen and oxygen atoms in total. The number of carbonyl (C=O) groups excluding carboxylic acids is 1. The van der Waals surface area contributed by atoms with Crippen LogP contribution in [0.3, 0.4) is 0 Å². The Morgan fingerprint density at radius 3 is 2.33 bits per heavy atom. The van der Waals surface area contributed by atoms with E-state index in [1.54, 1.807) is 23.5 Å². The fourth-order valence-electron chi connectivity index (χ4n) is 1.17. The van der Waals surface area contributed by atoms with Gasteiger partial charge in [-0.25, -0.2) is 0 Å². The minimum absolute atomic E-state index is 0.177. The number of hydrogen-bond acceptors (Lipinski definition) is 3. The van der Waals surface area contributed by atoms with Gasteiger partial charge in [0.2, 0.25) is 0 Å². The van der Waals surface area contributed by atoms with Crippen molar-refractivity contribution in [2.24, 2.45) is 0 Å². The van der Waals surface area contributed by atoms with Crippen molar-refractivity contribution in [3.8, 4) is 0 Å². The minimum Gasteiger partial charge on any atom is -0.294 e. The van der Waals surface area contributed by atoms with Crippen molar-refractivity contribution in [2.75, 3.05) is 12.5 Å². The van der Waals surface area contributed by atoms with Crippen LogP contribution in [0.15, 0.2) is 40.6 Å². The van der Waals surface area contributed by atoms with Crippen LogP contribution < -0.4 is 0 Å². The van der Waals surface area contributed by atoms with Gasteiger partial charge in [0.25, 0.3) is 0 Å². The minimum atomic E-state index is 0.177. The zero-order chi connectivity index (χ0) is 11.1. The van der Waals surface area contributed by atoms with Gasteiger partial charge in [-0.15, -0.1) is 23.5 Å². The number of thioether (sulfide) groups is 2. The molecule has 80 valence electrons. The van der Waals surface area contributed by atoms with Crippen molar-refractivity contribution >= 4 is 29.3 Å². The normalized spacial score (nSPS) is 9.73. The Labute approximate surface area is 99.3 Å². The molecule has 1 rings (SSSR count). The standard InChI is InChI=1S/C12H14OS2/c1-14-12(15-2)9-8-11(13)10-6-4-3-5-7-10/h3-7,9H,8H2,1-2H3. The molecule has 0 atom stereocenters. The van der Waals surface area contributed by atoms with Gasteiger partial charge in [-0.3, -0.25) is 4.79 Å². The highest BCUT2D eigenvalue weighted by atomic mass is 32.2. The number of ketones is 1. The Kier molecular flexibility index (Phi) is 5.58. The summed E-state index contributed by atoms with van der Waals surface area (Å²) in [5.41, 5.74) is 0.787. The number of carbonyl (C=O) groups is 1. The van der Waals surface area contributed by atoms with Crippen LogP contribution in [-0.2, 0) is 0 Å². The predicted molar refractivity (Wildman–Crippen MR) is 70.5 cm³/mol. The molecule has 1 aromatic rings. The fourth-order valence-corrected chi connectivity index (χ4v) is 2.33. The summed E-state index contributed by atoms with van der Waals surface area (Å²) in [5, 5.41) is 0. The fraction of sp³-hybridized carbons (Fsp3) is 0.250. The molecule has 3 heteroatoms. The van der Waals surface area contributed by atoms with Gasteiger partial charge in [-0.1, -0.05) is 36.4 Å². The van der Waals surface area contributed by atoms with E-state index in [4.69, 9.17) is 0 Å². The summed E-state index contributed by atoms with van der Waals surface area (Å²) in [6, 6.07) is 9.41. The SMILES string of the molecule is CSC(=CCC(=O)c1ccccc1)SC. The molecule has 0 amide bonds. The van der Waals surface area contributed by atoms with Gasteiger partial charge in [0.05, 0.1) is 0 Å². The molecule has 0 aliphatic heterocycles. The highest BCUT2D eigenvalue weighted by Crippen LogP contribution is 2.24. The number of rotatable bonds is 5. The number of allylic oxidation sites excluding steroid dienone is 1. The summed E-state index contributed by atoms with van der Waals surface area (Å²) >= 11 is 3.36. The maximum atomic E-state index is 11.7. The van der Waals surface area contributed by atoms with Crippen LogP contribution in [0.2, 0.25) is 0 Å². The summed E-state index contributed by atoms with van der Waals surface area (Å²) in [5.74, 6) is 0.177. The largest absolute Gasteiger partial charge is 0.294 e. The Morgan fingerprint density at radius 1 is 1.20 bits per heavy atom. The van der Waals surface area contributed by atoms with Crippen LogP contribution in [0.5, 0.6) is 0 Å². The summed E-state index contributed by atoms with van der Waals surface area (Å²) in [4.78, 5) is 11.7. The van der Waals surface area contributed by atoms with Crippen LogP contribution in [0.4, 0.5) is 0 Å². The van der Waals surface area contributed by atoms with Crippen LogP contribution in [0, 0.1) is 0 Å². The average molecular weight is 238 g/mol. The second kappa shape index (κ2) is 6.75. The summed E-state index contributed by atoms with van der Waals surface area (Å²) in [7, 11) is 0. The van der Waals surface area contributed by atoms with Gasteiger partial charge in [0.15, 0.2) is 5.78 Å². The summed E-state index contributed by atoms with van der Waals surface area (Å²) < 4.78 is 1.19. The van der Waals surface area contributed by atoms with Gasteiger partial charge >= 0.3 is 0 Å². The molecule has 0 fully saturated rings. The smallest absolute Gasteiger partial charge is 0.166 e. The number of benzene rings is 1. The zero-order valence-electron chi connectivity index (χ0n) is 8.90. The molecular weight excluding hydrogens is 224 g/mol. The lowest BCUT2D eigenvalue weighted by molar-refractivity contribution is 0.0996.